The number of morpholine rings is 1. The molecule has 2 aliphatic rings. The lowest BCUT2D eigenvalue weighted by molar-refractivity contribution is 0.00166. The maximum absolute atomic E-state index is 12.7. The Kier molecular flexibility index (Phi) is 7.29. The zero-order chi connectivity index (χ0) is 20.6. The van der Waals surface area contributed by atoms with Crippen molar-refractivity contribution in [1.29, 1.82) is 0 Å². The summed E-state index contributed by atoms with van der Waals surface area (Å²) in [6.07, 6.45) is 4.56. The molecule has 2 saturated heterocycles. The summed E-state index contributed by atoms with van der Waals surface area (Å²) in [5, 5.41) is 3.12. The molecule has 2 aliphatic heterocycles. The quantitative estimate of drug-likeness (QED) is 0.718. The molecule has 4 rings (SSSR count). The number of aromatic nitrogens is 1. The van der Waals surface area contributed by atoms with Crippen LogP contribution in [0.15, 0.2) is 48.8 Å². The minimum atomic E-state index is -0.0639. The van der Waals surface area contributed by atoms with Crippen molar-refractivity contribution in [3.63, 3.8) is 0 Å². The van der Waals surface area contributed by atoms with Gasteiger partial charge in [-0.25, -0.2) is 0 Å². The first-order valence-corrected chi connectivity index (χ1v) is 10.6. The summed E-state index contributed by atoms with van der Waals surface area (Å²) in [7, 11) is 0. The molecule has 1 aromatic carbocycles. The molecule has 0 saturated carbocycles. The van der Waals surface area contributed by atoms with Crippen molar-refractivity contribution in [3.05, 3.63) is 59.9 Å². The van der Waals surface area contributed by atoms with E-state index in [1.807, 2.05) is 24.3 Å². The summed E-state index contributed by atoms with van der Waals surface area (Å²) in [4.78, 5) is 19.2. The average molecular weight is 412 g/mol. The lowest BCUT2D eigenvalue weighted by Gasteiger charge is -2.37. The summed E-state index contributed by atoms with van der Waals surface area (Å²) in [6, 6.07) is 11.4. The Bertz CT molecular complexity index is 788. The van der Waals surface area contributed by atoms with E-state index < -0.39 is 0 Å². The normalized spacial score (nSPS) is 20.6. The molecule has 0 aliphatic carbocycles. The maximum Gasteiger partial charge on any atom is 0.251 e. The van der Waals surface area contributed by atoms with Gasteiger partial charge in [0.25, 0.3) is 5.91 Å². The Morgan fingerprint density at radius 2 is 2.00 bits per heavy atom. The second kappa shape index (κ2) is 10.5. The Morgan fingerprint density at radius 1 is 1.17 bits per heavy atom. The van der Waals surface area contributed by atoms with Gasteiger partial charge in [0.15, 0.2) is 0 Å². The van der Waals surface area contributed by atoms with Crippen LogP contribution in [0.4, 0.5) is 0 Å². The number of hydrogen-bond donors (Lipinski definition) is 1. The third-order valence-corrected chi connectivity index (χ3v) is 5.74. The van der Waals surface area contributed by atoms with Crippen LogP contribution in [0.25, 0.3) is 0 Å². The minimum Gasteiger partial charge on any atom is -0.489 e. The molecule has 2 aromatic rings. The molecule has 0 radical (unpaired) electrons. The highest BCUT2D eigenvalue weighted by Crippen LogP contribution is 2.22. The van der Waals surface area contributed by atoms with Crippen molar-refractivity contribution < 1.29 is 19.0 Å². The first kappa shape index (κ1) is 20.8. The van der Waals surface area contributed by atoms with Crippen molar-refractivity contribution in [3.8, 4) is 5.75 Å². The van der Waals surface area contributed by atoms with Crippen LogP contribution in [-0.2, 0) is 16.1 Å². The molecule has 7 nitrogen and oxygen atoms in total. The number of benzene rings is 1. The van der Waals surface area contributed by atoms with Crippen LogP contribution in [0.5, 0.6) is 5.75 Å². The fourth-order valence-electron chi connectivity index (χ4n) is 4.01. The third kappa shape index (κ3) is 5.56. The van der Waals surface area contributed by atoms with Gasteiger partial charge in [-0.3, -0.25) is 14.7 Å². The zero-order valence-electron chi connectivity index (χ0n) is 17.2. The Balaban J connectivity index is 1.30. The predicted octanol–water partition coefficient (Wildman–Crippen LogP) is 2.13. The van der Waals surface area contributed by atoms with E-state index in [1.165, 1.54) is 0 Å². The van der Waals surface area contributed by atoms with E-state index in [1.54, 1.807) is 24.5 Å². The van der Waals surface area contributed by atoms with Crippen molar-refractivity contribution in [2.45, 2.75) is 19.1 Å². The molecule has 1 aromatic heterocycles. The Hall–Kier alpha value is -2.48. The molecule has 0 bridgehead atoms. The SMILES string of the molecule is O=C(NCC(C1CCOC1)N1CCOCC1)c1ccc(OCc2cccnc2)cc1. The second-order valence-corrected chi connectivity index (χ2v) is 7.72. The van der Waals surface area contributed by atoms with E-state index in [-0.39, 0.29) is 11.9 Å². The van der Waals surface area contributed by atoms with E-state index in [2.05, 4.69) is 15.2 Å². The Morgan fingerprint density at radius 3 is 2.70 bits per heavy atom. The van der Waals surface area contributed by atoms with E-state index in [4.69, 9.17) is 14.2 Å². The van der Waals surface area contributed by atoms with Gasteiger partial charge in [-0.05, 0) is 36.8 Å². The Labute approximate surface area is 177 Å². The van der Waals surface area contributed by atoms with Crippen LogP contribution in [0.2, 0.25) is 0 Å². The van der Waals surface area contributed by atoms with Crippen LogP contribution in [0, 0.1) is 5.92 Å². The van der Waals surface area contributed by atoms with Crippen molar-refractivity contribution in [1.82, 2.24) is 15.2 Å². The summed E-state index contributed by atoms with van der Waals surface area (Å²) in [5.74, 6) is 1.11. The number of carbonyl (C=O) groups is 1. The summed E-state index contributed by atoms with van der Waals surface area (Å²) in [6.45, 7) is 5.94. The fourth-order valence-corrected chi connectivity index (χ4v) is 4.01. The lowest BCUT2D eigenvalue weighted by atomic mass is 9.96. The highest BCUT2D eigenvalue weighted by atomic mass is 16.5. The van der Waals surface area contributed by atoms with Gasteiger partial charge < -0.3 is 19.5 Å². The van der Waals surface area contributed by atoms with Crippen LogP contribution in [0.3, 0.4) is 0 Å². The van der Waals surface area contributed by atoms with Gasteiger partial charge in [0, 0.05) is 61.7 Å². The number of nitrogens with one attached hydrogen (secondary N) is 1. The van der Waals surface area contributed by atoms with Gasteiger partial charge in [-0.2, -0.15) is 0 Å². The van der Waals surface area contributed by atoms with Gasteiger partial charge in [-0.1, -0.05) is 6.07 Å². The van der Waals surface area contributed by atoms with E-state index >= 15 is 0 Å². The van der Waals surface area contributed by atoms with Gasteiger partial charge in [0.2, 0.25) is 0 Å². The molecule has 2 fully saturated rings. The van der Waals surface area contributed by atoms with Crippen LogP contribution in [0.1, 0.15) is 22.3 Å². The van der Waals surface area contributed by atoms with Crippen molar-refractivity contribution in [2.24, 2.45) is 5.92 Å². The molecular formula is C23H29N3O4. The predicted molar refractivity (Wildman–Crippen MR) is 112 cm³/mol. The smallest absolute Gasteiger partial charge is 0.251 e. The number of pyridine rings is 1. The molecule has 3 heterocycles. The molecule has 2 unspecified atom stereocenters. The number of amides is 1. The molecule has 2 atom stereocenters. The molecule has 1 N–H and O–H groups in total. The van der Waals surface area contributed by atoms with Gasteiger partial charge in [0.05, 0.1) is 19.8 Å². The first-order chi connectivity index (χ1) is 14.8. The topological polar surface area (TPSA) is 72.9 Å². The molecule has 0 spiro atoms. The summed E-state index contributed by atoms with van der Waals surface area (Å²) >= 11 is 0. The first-order valence-electron chi connectivity index (χ1n) is 10.6. The monoisotopic (exact) mass is 411 g/mol. The number of rotatable bonds is 8. The van der Waals surface area contributed by atoms with Crippen LogP contribution < -0.4 is 10.1 Å². The fraction of sp³-hybridized carbons (Fsp3) is 0.478. The number of hydrogen-bond acceptors (Lipinski definition) is 6. The van der Waals surface area contributed by atoms with Gasteiger partial charge >= 0.3 is 0 Å². The van der Waals surface area contributed by atoms with Crippen molar-refractivity contribution >= 4 is 5.91 Å². The van der Waals surface area contributed by atoms with Gasteiger partial charge in [0.1, 0.15) is 12.4 Å². The highest BCUT2D eigenvalue weighted by molar-refractivity contribution is 5.94. The molecule has 30 heavy (non-hydrogen) atoms. The standard InChI is InChI=1S/C23H29N3O4/c27-23(19-3-5-21(6-4-19)30-16-18-2-1-8-24-14-18)25-15-22(20-7-11-29-17-20)26-9-12-28-13-10-26/h1-6,8,14,20,22H,7,9-13,15-17H2,(H,25,27). The van der Waals surface area contributed by atoms with E-state index in [0.717, 1.165) is 57.3 Å². The van der Waals surface area contributed by atoms with E-state index in [0.29, 0.717) is 24.6 Å². The third-order valence-electron chi connectivity index (χ3n) is 5.74. The summed E-state index contributed by atoms with van der Waals surface area (Å²) in [5.41, 5.74) is 1.64. The summed E-state index contributed by atoms with van der Waals surface area (Å²) < 4.78 is 16.9. The largest absolute Gasteiger partial charge is 0.489 e. The minimum absolute atomic E-state index is 0.0639. The number of carbonyl (C=O) groups excluding carboxylic acids is 1. The van der Waals surface area contributed by atoms with Crippen molar-refractivity contribution in [2.75, 3.05) is 46.1 Å². The lowest BCUT2D eigenvalue weighted by Crippen LogP contribution is -2.52. The molecule has 160 valence electrons. The van der Waals surface area contributed by atoms with E-state index in [9.17, 15) is 4.79 Å². The highest BCUT2D eigenvalue weighted by Gasteiger charge is 2.31. The molecular weight excluding hydrogens is 382 g/mol. The maximum atomic E-state index is 12.7. The number of ether oxygens (including phenoxy) is 3. The zero-order valence-corrected chi connectivity index (χ0v) is 17.2. The molecule has 7 heteroatoms. The average Bonchev–Trinajstić information content (AvgIpc) is 3.34. The molecule has 1 amide bonds. The van der Waals surface area contributed by atoms with Crippen LogP contribution in [-0.4, -0.2) is 67.9 Å². The second-order valence-electron chi connectivity index (χ2n) is 7.72. The van der Waals surface area contributed by atoms with Gasteiger partial charge in [-0.15, -0.1) is 0 Å². The van der Waals surface area contributed by atoms with Crippen LogP contribution >= 0.6 is 0 Å². The number of nitrogens with zero attached hydrogens (tertiary/aromatic N) is 2.